The van der Waals surface area contributed by atoms with Gasteiger partial charge in [-0.2, -0.15) is 5.10 Å². The van der Waals surface area contributed by atoms with Crippen LogP contribution in [0.2, 0.25) is 0 Å². The molecule has 1 aromatic heterocycles. The monoisotopic (exact) mass is 290 g/mol. The molecule has 0 aliphatic carbocycles. The number of esters is 2. The number of carbonyl (C=O) groups excluding carboxylic acids is 2. The Hall–Kier alpha value is -2.83. The summed E-state index contributed by atoms with van der Waals surface area (Å²) >= 11 is 0. The molecule has 0 saturated heterocycles. The molecule has 0 spiro atoms. The van der Waals surface area contributed by atoms with E-state index in [-0.39, 0.29) is 13.2 Å². The third kappa shape index (κ3) is 4.34. The highest BCUT2D eigenvalue weighted by atomic mass is 16.6. The van der Waals surface area contributed by atoms with Crippen molar-refractivity contribution in [3.05, 3.63) is 47.8 Å². The van der Waals surface area contributed by atoms with Gasteiger partial charge in [-0.15, -0.1) is 0 Å². The molecule has 21 heavy (non-hydrogen) atoms. The lowest BCUT2D eigenvalue weighted by molar-refractivity contribution is -0.142. The van der Waals surface area contributed by atoms with E-state index in [2.05, 4.69) is 14.9 Å². The third-order valence-corrected chi connectivity index (χ3v) is 2.59. The summed E-state index contributed by atoms with van der Waals surface area (Å²) in [4.78, 5) is 22.6. The van der Waals surface area contributed by atoms with Crippen molar-refractivity contribution >= 4 is 11.9 Å². The zero-order valence-electron chi connectivity index (χ0n) is 11.4. The van der Waals surface area contributed by atoms with Crippen LogP contribution in [0.3, 0.4) is 0 Å². The Morgan fingerprint density at radius 3 is 2.90 bits per heavy atom. The van der Waals surface area contributed by atoms with E-state index in [1.807, 2.05) is 0 Å². The second kappa shape index (κ2) is 7.09. The number of nitrogens with zero attached hydrogens (tertiary/aromatic N) is 1. The van der Waals surface area contributed by atoms with Crippen LogP contribution in [0, 0.1) is 0 Å². The van der Waals surface area contributed by atoms with Crippen molar-refractivity contribution in [2.45, 2.75) is 6.61 Å². The predicted molar refractivity (Wildman–Crippen MR) is 71.7 cm³/mol. The van der Waals surface area contributed by atoms with Crippen LogP contribution in [0.5, 0.6) is 5.75 Å². The highest BCUT2D eigenvalue weighted by Gasteiger charge is 2.09. The molecule has 0 radical (unpaired) electrons. The summed E-state index contributed by atoms with van der Waals surface area (Å²) in [6.07, 6.45) is 2.84. The summed E-state index contributed by atoms with van der Waals surface area (Å²) in [5, 5.41) is 6.21. The number of hydrogen-bond donors (Lipinski definition) is 1. The van der Waals surface area contributed by atoms with Gasteiger partial charge in [0.1, 0.15) is 12.4 Å². The SMILES string of the molecule is COC(=O)COc1cccc(COC(=O)c2cn[nH]c2)c1. The molecule has 0 aliphatic heterocycles. The van der Waals surface area contributed by atoms with Gasteiger partial charge in [0.2, 0.25) is 0 Å². The Morgan fingerprint density at radius 1 is 1.33 bits per heavy atom. The highest BCUT2D eigenvalue weighted by Crippen LogP contribution is 2.14. The summed E-state index contributed by atoms with van der Waals surface area (Å²) in [6.45, 7) is -0.0752. The maximum absolute atomic E-state index is 11.6. The first kappa shape index (κ1) is 14.6. The first-order chi connectivity index (χ1) is 10.2. The van der Waals surface area contributed by atoms with Gasteiger partial charge in [-0.3, -0.25) is 5.10 Å². The fraction of sp³-hybridized carbons (Fsp3) is 0.214. The van der Waals surface area contributed by atoms with E-state index in [0.717, 1.165) is 5.56 Å². The minimum atomic E-state index is -0.468. The van der Waals surface area contributed by atoms with E-state index < -0.39 is 11.9 Å². The second-order valence-electron chi connectivity index (χ2n) is 4.08. The molecule has 2 aromatic rings. The molecule has 7 nitrogen and oxygen atoms in total. The highest BCUT2D eigenvalue weighted by molar-refractivity contribution is 5.88. The van der Waals surface area contributed by atoms with Crippen molar-refractivity contribution in [3.63, 3.8) is 0 Å². The third-order valence-electron chi connectivity index (χ3n) is 2.59. The number of aromatic amines is 1. The average molecular weight is 290 g/mol. The molecule has 7 heteroatoms. The normalized spacial score (nSPS) is 9.95. The Bertz CT molecular complexity index is 610. The molecule has 0 bridgehead atoms. The summed E-state index contributed by atoms with van der Waals surface area (Å²) in [5.41, 5.74) is 1.10. The van der Waals surface area contributed by atoms with Crippen molar-refractivity contribution < 1.29 is 23.8 Å². The van der Waals surface area contributed by atoms with Gasteiger partial charge in [-0.05, 0) is 17.7 Å². The zero-order valence-corrected chi connectivity index (χ0v) is 11.4. The maximum Gasteiger partial charge on any atom is 0.343 e. The van der Waals surface area contributed by atoms with Crippen LogP contribution in [0.25, 0.3) is 0 Å². The minimum absolute atomic E-state index is 0.0967. The number of ether oxygens (including phenoxy) is 3. The summed E-state index contributed by atoms with van der Waals surface area (Å²) in [5.74, 6) is -0.436. The van der Waals surface area contributed by atoms with Crippen molar-refractivity contribution in [2.24, 2.45) is 0 Å². The first-order valence-electron chi connectivity index (χ1n) is 6.13. The molecule has 0 aliphatic rings. The lowest BCUT2D eigenvalue weighted by atomic mass is 10.2. The van der Waals surface area contributed by atoms with E-state index in [9.17, 15) is 9.59 Å². The molecule has 1 N–H and O–H groups in total. The van der Waals surface area contributed by atoms with E-state index in [1.165, 1.54) is 19.5 Å². The number of H-pyrrole nitrogens is 1. The Morgan fingerprint density at radius 2 is 2.19 bits per heavy atom. The molecule has 0 saturated carbocycles. The number of nitrogens with one attached hydrogen (secondary N) is 1. The van der Waals surface area contributed by atoms with Crippen LogP contribution in [0.4, 0.5) is 0 Å². The minimum Gasteiger partial charge on any atom is -0.482 e. The summed E-state index contributed by atoms with van der Waals surface area (Å²) < 4.78 is 14.9. The quantitative estimate of drug-likeness (QED) is 0.807. The van der Waals surface area contributed by atoms with Crippen LogP contribution in [-0.4, -0.2) is 35.9 Å². The lowest BCUT2D eigenvalue weighted by Gasteiger charge is -2.07. The Labute approximate surface area is 120 Å². The second-order valence-corrected chi connectivity index (χ2v) is 4.08. The fourth-order valence-electron chi connectivity index (χ4n) is 1.52. The van der Waals surface area contributed by atoms with E-state index in [0.29, 0.717) is 11.3 Å². The van der Waals surface area contributed by atoms with E-state index >= 15 is 0 Å². The van der Waals surface area contributed by atoms with E-state index in [4.69, 9.17) is 9.47 Å². The van der Waals surface area contributed by atoms with Crippen molar-refractivity contribution in [2.75, 3.05) is 13.7 Å². The number of hydrogen-bond acceptors (Lipinski definition) is 6. The first-order valence-corrected chi connectivity index (χ1v) is 6.13. The van der Waals surface area contributed by atoms with Crippen LogP contribution >= 0.6 is 0 Å². The molecule has 1 heterocycles. The maximum atomic E-state index is 11.6. The molecular weight excluding hydrogens is 276 g/mol. The summed E-state index contributed by atoms with van der Waals surface area (Å²) in [7, 11) is 1.29. The van der Waals surface area contributed by atoms with E-state index in [1.54, 1.807) is 24.3 Å². The molecule has 110 valence electrons. The van der Waals surface area contributed by atoms with Crippen molar-refractivity contribution in [1.29, 1.82) is 0 Å². The number of rotatable bonds is 6. The van der Waals surface area contributed by atoms with Crippen LogP contribution < -0.4 is 4.74 Å². The fourth-order valence-corrected chi connectivity index (χ4v) is 1.52. The molecule has 1 aromatic carbocycles. The predicted octanol–water partition coefficient (Wildman–Crippen LogP) is 1.32. The van der Waals surface area contributed by atoms with Crippen LogP contribution in [0.1, 0.15) is 15.9 Å². The number of aromatic nitrogens is 2. The van der Waals surface area contributed by atoms with Gasteiger partial charge in [-0.1, -0.05) is 12.1 Å². The van der Waals surface area contributed by atoms with Crippen LogP contribution in [0.15, 0.2) is 36.7 Å². The molecule has 0 fully saturated rings. The van der Waals surface area contributed by atoms with Gasteiger partial charge in [0.05, 0.1) is 18.9 Å². The number of benzene rings is 1. The Kier molecular flexibility index (Phi) is 4.92. The van der Waals surface area contributed by atoms with Crippen LogP contribution in [-0.2, 0) is 20.9 Å². The van der Waals surface area contributed by atoms with Gasteiger partial charge in [0.25, 0.3) is 0 Å². The van der Waals surface area contributed by atoms with Gasteiger partial charge in [-0.25, -0.2) is 9.59 Å². The zero-order chi connectivity index (χ0) is 15.1. The van der Waals surface area contributed by atoms with Crippen molar-refractivity contribution in [1.82, 2.24) is 10.2 Å². The molecule has 0 unspecified atom stereocenters. The molecular formula is C14H14N2O5. The van der Waals surface area contributed by atoms with Gasteiger partial charge in [0, 0.05) is 6.20 Å². The van der Waals surface area contributed by atoms with Crippen molar-refractivity contribution in [3.8, 4) is 5.75 Å². The largest absolute Gasteiger partial charge is 0.482 e. The molecule has 0 amide bonds. The van der Waals surface area contributed by atoms with Gasteiger partial charge >= 0.3 is 11.9 Å². The summed E-state index contributed by atoms with van der Waals surface area (Å²) in [6, 6.07) is 6.91. The molecule has 0 atom stereocenters. The number of carbonyl (C=O) groups is 2. The lowest BCUT2D eigenvalue weighted by Crippen LogP contribution is -2.12. The Balaban J connectivity index is 1.89. The average Bonchev–Trinajstić information content (AvgIpc) is 3.05. The van der Waals surface area contributed by atoms with Gasteiger partial charge in [0.15, 0.2) is 6.61 Å². The standard InChI is InChI=1S/C14H14N2O5/c1-19-13(17)9-20-12-4-2-3-10(5-12)8-21-14(18)11-6-15-16-7-11/h2-7H,8-9H2,1H3,(H,15,16). The number of methoxy groups -OCH3 is 1. The molecule has 2 rings (SSSR count). The van der Waals surface area contributed by atoms with Gasteiger partial charge < -0.3 is 14.2 Å². The topological polar surface area (TPSA) is 90.5 Å². The smallest absolute Gasteiger partial charge is 0.343 e.